The zero-order chi connectivity index (χ0) is 10.1. The summed E-state index contributed by atoms with van der Waals surface area (Å²) in [6.07, 6.45) is 0. The summed E-state index contributed by atoms with van der Waals surface area (Å²) >= 11 is 7.92. The van der Waals surface area contributed by atoms with Crippen molar-refractivity contribution in [1.29, 1.82) is 0 Å². The summed E-state index contributed by atoms with van der Waals surface area (Å²) in [6, 6.07) is 8.01. The van der Waals surface area contributed by atoms with Crippen LogP contribution in [0.1, 0.15) is 18.6 Å². The predicted octanol–water partition coefficient (Wildman–Crippen LogP) is 2.26. The van der Waals surface area contributed by atoms with Gasteiger partial charge in [0, 0.05) is 17.4 Å². The van der Waals surface area contributed by atoms with Crippen LogP contribution in [0.3, 0.4) is 0 Å². The van der Waals surface area contributed by atoms with Gasteiger partial charge in [-0.2, -0.15) is 0 Å². The predicted molar refractivity (Wildman–Crippen MR) is 69.1 cm³/mol. The maximum atomic E-state index is 5.41. The molecular weight excluding hydrogens is 212 g/mol. The van der Waals surface area contributed by atoms with E-state index in [4.69, 9.17) is 11.5 Å². The average molecular weight is 228 g/mol. The van der Waals surface area contributed by atoms with Gasteiger partial charge in [-0.25, -0.2) is 0 Å². The Morgan fingerprint density at radius 3 is 1.29 bits per heavy atom. The summed E-state index contributed by atoms with van der Waals surface area (Å²) in [5.74, 6) is 0. The third-order valence-electron chi connectivity index (χ3n) is 1.49. The second kappa shape index (κ2) is 10.4. The molecule has 1 aromatic rings. The van der Waals surface area contributed by atoms with Crippen molar-refractivity contribution in [3.8, 4) is 0 Å². The standard InChI is InChI=1S/C8H12N2.CS2.CH4/c9-5-7-1-2-8(6-10)4-3-7;2-1-3;/h1-4H,5-6,9-10H2;;1H4. The molecule has 0 spiro atoms. The lowest BCUT2D eigenvalue weighted by Crippen LogP contribution is -1.98. The largest absolute Gasteiger partial charge is 0.326 e. The Morgan fingerprint density at radius 2 is 1.14 bits per heavy atom. The van der Waals surface area contributed by atoms with Gasteiger partial charge in [-0.3, -0.25) is 0 Å². The highest BCUT2D eigenvalue weighted by Gasteiger charge is 1.88. The van der Waals surface area contributed by atoms with E-state index in [1.807, 2.05) is 28.6 Å². The molecule has 0 saturated heterocycles. The van der Waals surface area contributed by atoms with E-state index in [1.54, 1.807) is 0 Å². The first kappa shape index (κ1) is 15.8. The maximum absolute atomic E-state index is 5.41. The highest BCUT2D eigenvalue weighted by Crippen LogP contribution is 2.01. The van der Waals surface area contributed by atoms with Gasteiger partial charge in [-0.15, -0.1) is 0 Å². The molecule has 0 aliphatic rings. The zero-order valence-electron chi connectivity index (χ0n) is 7.19. The van der Waals surface area contributed by atoms with Gasteiger partial charge in [0.25, 0.3) is 0 Å². The van der Waals surface area contributed by atoms with Crippen molar-refractivity contribution in [2.24, 2.45) is 11.5 Å². The van der Waals surface area contributed by atoms with E-state index in [2.05, 4.69) is 24.4 Å². The van der Waals surface area contributed by atoms with Crippen LogP contribution in [0, 0.1) is 0 Å². The van der Waals surface area contributed by atoms with Crippen LogP contribution in [0.15, 0.2) is 24.3 Å². The van der Waals surface area contributed by atoms with Gasteiger partial charge in [0.2, 0.25) is 0 Å². The van der Waals surface area contributed by atoms with Crippen molar-refractivity contribution in [2.45, 2.75) is 20.5 Å². The molecule has 0 unspecified atom stereocenters. The van der Waals surface area contributed by atoms with E-state index in [-0.39, 0.29) is 7.43 Å². The summed E-state index contributed by atoms with van der Waals surface area (Å²) in [7, 11) is 0. The Kier molecular flexibility index (Phi) is 11.8. The summed E-state index contributed by atoms with van der Waals surface area (Å²) in [5.41, 5.74) is 13.1. The van der Waals surface area contributed by atoms with Gasteiger partial charge in [-0.05, 0) is 35.6 Å². The van der Waals surface area contributed by atoms with E-state index in [0.29, 0.717) is 13.1 Å². The molecular formula is C10H16N2S2. The van der Waals surface area contributed by atoms with Gasteiger partial charge < -0.3 is 11.5 Å². The van der Waals surface area contributed by atoms with Gasteiger partial charge in [0.1, 0.15) is 0 Å². The fourth-order valence-electron chi connectivity index (χ4n) is 0.811. The minimum absolute atomic E-state index is 0. The molecule has 14 heavy (non-hydrogen) atoms. The van der Waals surface area contributed by atoms with Gasteiger partial charge in [0.15, 0.2) is 0 Å². The SMILES string of the molecule is C.NCc1ccc(CN)cc1.S=C=S. The molecule has 0 heterocycles. The lowest BCUT2D eigenvalue weighted by molar-refractivity contribution is 1.04. The second-order valence-electron chi connectivity index (χ2n) is 2.31. The Bertz CT molecular complexity index is 241. The molecule has 0 amide bonds. The van der Waals surface area contributed by atoms with Crippen molar-refractivity contribution >= 4 is 28.7 Å². The highest BCUT2D eigenvalue weighted by molar-refractivity contribution is 7.93. The lowest BCUT2D eigenvalue weighted by atomic mass is 10.1. The first-order chi connectivity index (χ1) is 6.28. The molecule has 0 aliphatic heterocycles. The maximum Gasteiger partial charge on any atom is 0.0297 e. The molecule has 4 heteroatoms. The van der Waals surface area contributed by atoms with Crippen LogP contribution in [0.25, 0.3) is 0 Å². The monoisotopic (exact) mass is 228 g/mol. The quantitative estimate of drug-likeness (QED) is 0.762. The second-order valence-corrected chi connectivity index (χ2v) is 2.97. The number of benzene rings is 1. The third kappa shape index (κ3) is 6.83. The molecule has 78 valence electrons. The number of nitrogens with two attached hydrogens (primary N) is 2. The Morgan fingerprint density at radius 1 is 0.929 bits per heavy atom. The van der Waals surface area contributed by atoms with Crippen LogP contribution in [0.5, 0.6) is 0 Å². The van der Waals surface area contributed by atoms with E-state index in [9.17, 15) is 0 Å². The first-order valence-electron chi connectivity index (χ1n) is 3.75. The van der Waals surface area contributed by atoms with Crippen LogP contribution >= 0.6 is 24.4 Å². The third-order valence-corrected chi connectivity index (χ3v) is 1.49. The summed E-state index contributed by atoms with van der Waals surface area (Å²) in [6.45, 7) is 1.20. The molecule has 0 atom stereocenters. The van der Waals surface area contributed by atoms with Gasteiger partial charge in [0.05, 0.1) is 0 Å². The van der Waals surface area contributed by atoms with Crippen LogP contribution in [0.2, 0.25) is 0 Å². The molecule has 1 rings (SSSR count). The van der Waals surface area contributed by atoms with Crippen LogP contribution in [0.4, 0.5) is 0 Å². The summed E-state index contributed by atoms with van der Waals surface area (Å²) < 4.78 is 1.92. The molecule has 0 bridgehead atoms. The fraction of sp³-hybridized carbons (Fsp3) is 0.300. The molecule has 0 aliphatic carbocycles. The number of hydrogen-bond donors (Lipinski definition) is 2. The number of thiocarbonyl (C=S) groups is 2. The molecule has 0 saturated carbocycles. The molecule has 1 aromatic carbocycles. The highest BCUT2D eigenvalue weighted by atomic mass is 32.1. The van der Waals surface area contributed by atoms with E-state index >= 15 is 0 Å². The number of hydrogen-bond acceptors (Lipinski definition) is 4. The molecule has 0 aromatic heterocycles. The fourth-order valence-corrected chi connectivity index (χ4v) is 0.811. The van der Waals surface area contributed by atoms with Crippen molar-refractivity contribution in [3.63, 3.8) is 0 Å². The summed E-state index contributed by atoms with van der Waals surface area (Å²) in [4.78, 5) is 0. The Hall–Kier alpha value is -0.640. The van der Waals surface area contributed by atoms with Crippen molar-refractivity contribution < 1.29 is 0 Å². The smallest absolute Gasteiger partial charge is 0.0297 e. The van der Waals surface area contributed by atoms with Crippen LogP contribution < -0.4 is 11.5 Å². The van der Waals surface area contributed by atoms with Crippen LogP contribution in [-0.4, -0.2) is 4.31 Å². The van der Waals surface area contributed by atoms with E-state index in [1.165, 1.54) is 0 Å². The normalized spacial score (nSPS) is 7.57. The van der Waals surface area contributed by atoms with Gasteiger partial charge in [-0.1, -0.05) is 31.7 Å². The zero-order valence-corrected chi connectivity index (χ0v) is 8.83. The molecule has 4 N–H and O–H groups in total. The summed E-state index contributed by atoms with van der Waals surface area (Å²) in [5, 5.41) is 0. The Balaban J connectivity index is 0. The molecule has 0 radical (unpaired) electrons. The minimum atomic E-state index is 0. The lowest BCUT2D eigenvalue weighted by Gasteiger charge is -1.97. The van der Waals surface area contributed by atoms with Crippen molar-refractivity contribution in [3.05, 3.63) is 35.4 Å². The topological polar surface area (TPSA) is 52.0 Å². The van der Waals surface area contributed by atoms with E-state index in [0.717, 1.165) is 11.1 Å². The van der Waals surface area contributed by atoms with Gasteiger partial charge >= 0.3 is 0 Å². The number of rotatable bonds is 2. The van der Waals surface area contributed by atoms with Crippen molar-refractivity contribution in [2.75, 3.05) is 0 Å². The molecule has 2 nitrogen and oxygen atoms in total. The van der Waals surface area contributed by atoms with E-state index < -0.39 is 0 Å². The minimum Gasteiger partial charge on any atom is -0.326 e. The molecule has 0 fully saturated rings. The first-order valence-corrected chi connectivity index (χ1v) is 4.57. The Labute approximate surface area is 96.3 Å². The van der Waals surface area contributed by atoms with Crippen molar-refractivity contribution in [1.82, 2.24) is 0 Å². The average Bonchev–Trinajstić information content (AvgIpc) is 2.19. The van der Waals surface area contributed by atoms with Crippen LogP contribution in [-0.2, 0) is 13.1 Å².